The Bertz CT molecular complexity index is 185. The van der Waals surface area contributed by atoms with Gasteiger partial charge >= 0.3 is 5.97 Å². The Hall–Kier alpha value is -0.690. The largest absolute Gasteiger partial charge is 0.479 e. The number of ether oxygens (including phenoxy) is 1. The van der Waals surface area contributed by atoms with E-state index in [1.165, 1.54) is 0 Å². The van der Waals surface area contributed by atoms with Gasteiger partial charge in [0.1, 0.15) is 12.2 Å². The van der Waals surface area contributed by atoms with E-state index < -0.39 is 30.4 Å². The van der Waals surface area contributed by atoms with Crippen molar-refractivity contribution in [1.82, 2.24) is 0 Å². The van der Waals surface area contributed by atoms with Gasteiger partial charge in [-0.05, 0) is 0 Å². The molecule has 1 saturated heterocycles. The predicted octanol–water partition coefficient (Wildman–Crippen LogP) is -2.48. The number of aliphatic carboxylic acids is 1. The fourth-order valence-electron chi connectivity index (χ4n) is 1.15. The van der Waals surface area contributed by atoms with Crippen LogP contribution in [-0.2, 0) is 9.53 Å². The van der Waals surface area contributed by atoms with Gasteiger partial charge in [-0.3, -0.25) is 0 Å². The molecule has 0 aliphatic carbocycles. The summed E-state index contributed by atoms with van der Waals surface area (Å²) in [4.78, 5) is 10.4. The van der Waals surface area contributed by atoms with Gasteiger partial charge in [0.2, 0.25) is 0 Å². The van der Waals surface area contributed by atoms with Crippen molar-refractivity contribution in [2.24, 2.45) is 5.73 Å². The lowest BCUT2D eigenvalue weighted by Crippen LogP contribution is -2.37. The molecule has 0 bridgehead atoms. The lowest BCUT2D eigenvalue weighted by Gasteiger charge is -2.10. The Balaban J connectivity index is 2.66. The summed E-state index contributed by atoms with van der Waals surface area (Å²) in [6, 6.07) is 0. The van der Waals surface area contributed by atoms with E-state index in [1.807, 2.05) is 0 Å². The van der Waals surface area contributed by atoms with Gasteiger partial charge in [0, 0.05) is 6.54 Å². The van der Waals surface area contributed by atoms with Gasteiger partial charge in [-0.25, -0.2) is 4.79 Å². The quantitative estimate of drug-likeness (QED) is 0.371. The molecule has 0 aromatic rings. The van der Waals surface area contributed by atoms with Crippen LogP contribution in [0.25, 0.3) is 0 Å². The van der Waals surface area contributed by atoms with Crippen molar-refractivity contribution < 1.29 is 24.9 Å². The number of hydrogen-bond donors (Lipinski definition) is 4. The van der Waals surface area contributed by atoms with Crippen LogP contribution in [0.2, 0.25) is 0 Å². The van der Waals surface area contributed by atoms with Crippen LogP contribution in [0, 0.1) is 0 Å². The predicted molar refractivity (Wildman–Crippen MR) is 37.4 cm³/mol. The summed E-state index contributed by atoms with van der Waals surface area (Å²) >= 11 is 0. The Morgan fingerprint density at radius 1 is 1.42 bits per heavy atom. The van der Waals surface area contributed by atoms with Crippen molar-refractivity contribution in [1.29, 1.82) is 0 Å². The maximum atomic E-state index is 10.4. The van der Waals surface area contributed by atoms with Crippen LogP contribution < -0.4 is 5.73 Å². The van der Waals surface area contributed by atoms with E-state index >= 15 is 0 Å². The maximum absolute atomic E-state index is 10.4. The normalized spacial score (nSPS) is 41.6. The topological polar surface area (TPSA) is 113 Å². The Kier molecular flexibility index (Phi) is 2.63. The third-order valence-electron chi connectivity index (χ3n) is 1.84. The van der Waals surface area contributed by atoms with Crippen molar-refractivity contribution >= 4 is 5.97 Å². The molecule has 1 aliphatic heterocycles. The number of carbonyl (C=O) groups is 1. The molecule has 1 aliphatic rings. The van der Waals surface area contributed by atoms with Gasteiger partial charge in [0.05, 0.1) is 6.10 Å². The molecule has 12 heavy (non-hydrogen) atoms. The van der Waals surface area contributed by atoms with E-state index in [0.717, 1.165) is 0 Å². The third kappa shape index (κ3) is 1.42. The zero-order valence-corrected chi connectivity index (χ0v) is 6.25. The summed E-state index contributed by atoms with van der Waals surface area (Å²) < 4.78 is 4.77. The molecule has 0 amide bonds. The minimum atomic E-state index is -1.39. The van der Waals surface area contributed by atoms with Gasteiger partial charge in [-0.1, -0.05) is 0 Å². The first-order valence-electron chi connectivity index (χ1n) is 3.52. The van der Waals surface area contributed by atoms with E-state index in [1.54, 1.807) is 0 Å². The lowest BCUT2D eigenvalue weighted by molar-refractivity contribution is -0.153. The molecule has 1 fully saturated rings. The average molecular weight is 177 g/mol. The second-order valence-corrected chi connectivity index (χ2v) is 2.65. The molecule has 0 aromatic heterocycles. The highest BCUT2D eigenvalue weighted by Crippen LogP contribution is 2.20. The van der Waals surface area contributed by atoms with Crippen molar-refractivity contribution in [2.75, 3.05) is 6.54 Å². The van der Waals surface area contributed by atoms with Gasteiger partial charge in [0.15, 0.2) is 6.10 Å². The first-order chi connectivity index (χ1) is 5.57. The Labute approximate surface area is 68.6 Å². The molecule has 6 nitrogen and oxygen atoms in total. The summed E-state index contributed by atoms with van der Waals surface area (Å²) in [6.45, 7) is -0.0119. The van der Waals surface area contributed by atoms with Crippen LogP contribution in [0.1, 0.15) is 0 Å². The minimum absolute atomic E-state index is 0.0119. The molecule has 70 valence electrons. The molecule has 0 saturated carbocycles. The number of rotatable bonds is 2. The molecule has 6 heteroatoms. The van der Waals surface area contributed by atoms with Crippen LogP contribution in [0.15, 0.2) is 0 Å². The van der Waals surface area contributed by atoms with Crippen LogP contribution >= 0.6 is 0 Å². The van der Waals surface area contributed by atoms with Crippen LogP contribution in [-0.4, -0.2) is 52.2 Å². The SMILES string of the molecule is NCC1O[C@@H](C(=O)O)[C@@H](O)C1O. The van der Waals surface area contributed by atoms with Crippen molar-refractivity contribution in [3.05, 3.63) is 0 Å². The summed E-state index contributed by atoms with van der Waals surface area (Å²) in [6.07, 6.45) is -4.76. The first-order valence-corrected chi connectivity index (χ1v) is 3.52. The minimum Gasteiger partial charge on any atom is -0.479 e. The van der Waals surface area contributed by atoms with E-state index in [4.69, 9.17) is 25.8 Å². The van der Waals surface area contributed by atoms with Crippen LogP contribution in [0.5, 0.6) is 0 Å². The summed E-state index contributed by atoms with van der Waals surface area (Å²) in [7, 11) is 0. The monoisotopic (exact) mass is 177 g/mol. The van der Waals surface area contributed by atoms with Gasteiger partial charge in [-0.15, -0.1) is 0 Å². The molecule has 1 heterocycles. The van der Waals surface area contributed by atoms with E-state index in [2.05, 4.69) is 0 Å². The van der Waals surface area contributed by atoms with Gasteiger partial charge < -0.3 is 25.8 Å². The molecule has 0 spiro atoms. The Morgan fingerprint density at radius 2 is 2.00 bits per heavy atom. The zero-order valence-electron chi connectivity index (χ0n) is 6.25. The molecule has 1 rings (SSSR count). The molecule has 0 aromatic carbocycles. The number of aliphatic hydroxyl groups is 2. The highest BCUT2D eigenvalue weighted by Gasteiger charge is 2.45. The molecule has 5 N–H and O–H groups in total. The number of carboxylic acid groups (broad SMARTS) is 1. The maximum Gasteiger partial charge on any atom is 0.335 e. The summed E-state index contributed by atoms with van der Waals surface area (Å²) in [5.74, 6) is -1.29. The third-order valence-corrected chi connectivity index (χ3v) is 1.84. The average Bonchev–Trinajstić information content (AvgIpc) is 2.30. The molecule has 4 atom stereocenters. The number of nitrogens with two attached hydrogens (primary N) is 1. The van der Waals surface area contributed by atoms with E-state index in [0.29, 0.717) is 0 Å². The summed E-state index contributed by atoms with van der Waals surface area (Å²) in [5.41, 5.74) is 5.16. The smallest absolute Gasteiger partial charge is 0.335 e. The van der Waals surface area contributed by atoms with Crippen molar-refractivity contribution in [3.63, 3.8) is 0 Å². The summed E-state index contributed by atoms with van der Waals surface area (Å²) in [5, 5.41) is 26.8. The zero-order chi connectivity index (χ0) is 9.30. The fraction of sp³-hybridized carbons (Fsp3) is 0.833. The number of aliphatic hydroxyl groups excluding tert-OH is 2. The fourth-order valence-corrected chi connectivity index (χ4v) is 1.15. The van der Waals surface area contributed by atoms with Gasteiger partial charge in [0.25, 0.3) is 0 Å². The lowest BCUT2D eigenvalue weighted by atomic mass is 10.1. The van der Waals surface area contributed by atoms with Crippen LogP contribution in [0.3, 0.4) is 0 Å². The number of hydrogen-bond acceptors (Lipinski definition) is 5. The standard InChI is InChI=1S/C6H11NO5/c7-1-2-3(8)4(9)5(12-2)6(10)11/h2-5,8-9H,1,7H2,(H,10,11)/t2?,3?,4-,5+/m0/s1. The second kappa shape index (κ2) is 3.36. The molecule has 0 radical (unpaired) electrons. The van der Waals surface area contributed by atoms with E-state index in [-0.39, 0.29) is 6.54 Å². The number of carboxylic acids is 1. The van der Waals surface area contributed by atoms with Crippen LogP contribution in [0.4, 0.5) is 0 Å². The Morgan fingerprint density at radius 3 is 2.25 bits per heavy atom. The van der Waals surface area contributed by atoms with Gasteiger partial charge in [-0.2, -0.15) is 0 Å². The molecular weight excluding hydrogens is 166 g/mol. The van der Waals surface area contributed by atoms with Crippen molar-refractivity contribution in [2.45, 2.75) is 24.4 Å². The molecule has 2 unspecified atom stereocenters. The highest BCUT2D eigenvalue weighted by atomic mass is 16.6. The molecular formula is C6H11NO5. The van der Waals surface area contributed by atoms with E-state index in [9.17, 15) is 4.79 Å². The first kappa shape index (κ1) is 9.40. The van der Waals surface area contributed by atoms with Crippen molar-refractivity contribution in [3.8, 4) is 0 Å². The second-order valence-electron chi connectivity index (χ2n) is 2.65. The highest BCUT2D eigenvalue weighted by molar-refractivity contribution is 5.73.